The molecular formula is C23H44O3. The minimum atomic E-state index is -0.365. The highest BCUT2D eigenvalue weighted by Gasteiger charge is 2.11. The van der Waals surface area contributed by atoms with Crippen molar-refractivity contribution in [2.24, 2.45) is 0 Å². The predicted molar refractivity (Wildman–Crippen MR) is 111 cm³/mol. The molecule has 0 rings (SSSR count). The van der Waals surface area contributed by atoms with Crippen molar-refractivity contribution in [1.82, 2.24) is 0 Å². The summed E-state index contributed by atoms with van der Waals surface area (Å²) in [6, 6.07) is 0. The Morgan fingerprint density at radius 2 is 1.31 bits per heavy atom. The summed E-state index contributed by atoms with van der Waals surface area (Å²) in [5.74, 6) is -0.122. The molecule has 0 radical (unpaired) electrons. The quantitative estimate of drug-likeness (QED) is 0.103. The Labute approximate surface area is 162 Å². The van der Waals surface area contributed by atoms with Crippen LogP contribution in [0.4, 0.5) is 0 Å². The van der Waals surface area contributed by atoms with Gasteiger partial charge in [-0.25, -0.2) is 0 Å². The van der Waals surface area contributed by atoms with Gasteiger partial charge < -0.3 is 9.47 Å². The average molecular weight is 369 g/mol. The zero-order valence-corrected chi connectivity index (χ0v) is 17.8. The molecule has 1 unspecified atom stereocenters. The molecule has 0 fully saturated rings. The first kappa shape index (κ1) is 25.2. The van der Waals surface area contributed by atoms with Gasteiger partial charge in [-0.05, 0) is 39.0 Å². The number of unbranched alkanes of at least 4 members (excludes halogenated alkanes) is 11. The van der Waals surface area contributed by atoms with Gasteiger partial charge in [-0.15, -0.1) is 0 Å². The summed E-state index contributed by atoms with van der Waals surface area (Å²) < 4.78 is 10.6. The van der Waals surface area contributed by atoms with Crippen molar-refractivity contribution in [2.75, 3.05) is 6.61 Å². The SMILES string of the molecule is CCCCCCCC/C=C\CCCCCCCC(=O)OC(CC)OCC. The molecule has 154 valence electrons. The topological polar surface area (TPSA) is 35.5 Å². The number of ether oxygens (including phenoxy) is 2. The van der Waals surface area contributed by atoms with Crippen LogP contribution in [0.3, 0.4) is 0 Å². The summed E-state index contributed by atoms with van der Waals surface area (Å²) in [6.07, 6.45) is 22.0. The fraction of sp³-hybridized carbons (Fsp3) is 0.870. The summed E-state index contributed by atoms with van der Waals surface area (Å²) in [5.41, 5.74) is 0. The minimum Gasteiger partial charge on any atom is -0.436 e. The van der Waals surface area contributed by atoms with Crippen LogP contribution >= 0.6 is 0 Å². The molecule has 0 aliphatic carbocycles. The maximum Gasteiger partial charge on any atom is 0.308 e. The molecule has 0 saturated heterocycles. The van der Waals surface area contributed by atoms with E-state index in [1.165, 1.54) is 70.6 Å². The zero-order valence-electron chi connectivity index (χ0n) is 17.8. The second kappa shape index (κ2) is 20.5. The van der Waals surface area contributed by atoms with Gasteiger partial charge in [0.1, 0.15) is 0 Å². The Morgan fingerprint density at radius 1 is 0.769 bits per heavy atom. The van der Waals surface area contributed by atoms with Crippen molar-refractivity contribution in [1.29, 1.82) is 0 Å². The molecule has 0 aromatic rings. The summed E-state index contributed by atoms with van der Waals surface area (Å²) in [4.78, 5) is 11.7. The molecule has 0 aromatic heterocycles. The molecule has 1 atom stereocenters. The van der Waals surface area contributed by atoms with Crippen LogP contribution in [-0.4, -0.2) is 18.9 Å². The Morgan fingerprint density at radius 3 is 1.85 bits per heavy atom. The van der Waals surface area contributed by atoms with Crippen molar-refractivity contribution in [3.63, 3.8) is 0 Å². The summed E-state index contributed by atoms with van der Waals surface area (Å²) >= 11 is 0. The molecular weight excluding hydrogens is 324 g/mol. The summed E-state index contributed by atoms with van der Waals surface area (Å²) in [5, 5.41) is 0. The van der Waals surface area contributed by atoms with E-state index in [-0.39, 0.29) is 12.3 Å². The van der Waals surface area contributed by atoms with E-state index >= 15 is 0 Å². The van der Waals surface area contributed by atoms with Gasteiger partial charge in [-0.2, -0.15) is 0 Å². The van der Waals surface area contributed by atoms with Gasteiger partial charge in [0.15, 0.2) is 0 Å². The molecule has 0 amide bonds. The van der Waals surface area contributed by atoms with Gasteiger partial charge in [0, 0.05) is 19.4 Å². The highest BCUT2D eigenvalue weighted by atomic mass is 16.7. The Kier molecular flexibility index (Phi) is 19.8. The maximum absolute atomic E-state index is 11.7. The van der Waals surface area contributed by atoms with Crippen molar-refractivity contribution in [2.45, 2.75) is 123 Å². The second-order valence-corrected chi connectivity index (χ2v) is 7.12. The van der Waals surface area contributed by atoms with Crippen molar-refractivity contribution < 1.29 is 14.3 Å². The van der Waals surface area contributed by atoms with Gasteiger partial charge in [-0.3, -0.25) is 4.79 Å². The standard InChI is InChI=1S/C23H44O3/c1-4-7-8-9-10-11-12-13-14-15-16-17-18-19-20-21-22(24)26-23(5-2)25-6-3/h13-14,23H,4-12,15-21H2,1-3H3/b14-13-. The third-order valence-electron chi connectivity index (χ3n) is 4.59. The van der Waals surface area contributed by atoms with Crippen LogP contribution in [0.2, 0.25) is 0 Å². The molecule has 26 heavy (non-hydrogen) atoms. The molecule has 3 heteroatoms. The van der Waals surface area contributed by atoms with E-state index in [0.717, 1.165) is 12.8 Å². The molecule has 0 aliphatic rings. The van der Waals surface area contributed by atoms with Crippen molar-refractivity contribution in [3.8, 4) is 0 Å². The van der Waals surface area contributed by atoms with E-state index in [4.69, 9.17) is 9.47 Å². The lowest BCUT2D eigenvalue weighted by Crippen LogP contribution is -2.20. The maximum atomic E-state index is 11.7. The van der Waals surface area contributed by atoms with Gasteiger partial charge in [-0.1, -0.05) is 77.4 Å². The van der Waals surface area contributed by atoms with E-state index in [2.05, 4.69) is 19.1 Å². The summed E-state index contributed by atoms with van der Waals surface area (Å²) in [7, 11) is 0. The van der Waals surface area contributed by atoms with E-state index in [1.807, 2.05) is 13.8 Å². The third kappa shape index (κ3) is 18.0. The van der Waals surface area contributed by atoms with E-state index in [9.17, 15) is 4.79 Å². The molecule has 0 aromatic carbocycles. The Bertz CT molecular complexity index is 325. The molecule has 3 nitrogen and oxygen atoms in total. The number of carbonyl (C=O) groups is 1. The number of rotatable bonds is 19. The van der Waals surface area contributed by atoms with E-state index in [0.29, 0.717) is 19.4 Å². The highest BCUT2D eigenvalue weighted by molar-refractivity contribution is 5.69. The molecule has 0 saturated carbocycles. The third-order valence-corrected chi connectivity index (χ3v) is 4.59. The van der Waals surface area contributed by atoms with Crippen LogP contribution in [0.1, 0.15) is 117 Å². The van der Waals surface area contributed by atoms with Crippen LogP contribution < -0.4 is 0 Å². The number of allylic oxidation sites excluding steroid dienone is 2. The fourth-order valence-corrected chi connectivity index (χ4v) is 2.97. The molecule has 0 aliphatic heterocycles. The smallest absolute Gasteiger partial charge is 0.308 e. The van der Waals surface area contributed by atoms with Gasteiger partial charge in [0.25, 0.3) is 0 Å². The Balaban J connectivity index is 3.32. The van der Waals surface area contributed by atoms with Crippen LogP contribution in [0.5, 0.6) is 0 Å². The highest BCUT2D eigenvalue weighted by Crippen LogP contribution is 2.11. The number of carbonyl (C=O) groups excluding carboxylic acids is 1. The lowest BCUT2D eigenvalue weighted by Gasteiger charge is -2.15. The normalized spacial score (nSPS) is 12.6. The Hall–Kier alpha value is -0.830. The van der Waals surface area contributed by atoms with Crippen LogP contribution in [0.25, 0.3) is 0 Å². The minimum absolute atomic E-state index is 0.122. The predicted octanol–water partition coefficient (Wildman–Crippen LogP) is 7.34. The monoisotopic (exact) mass is 368 g/mol. The van der Waals surface area contributed by atoms with Crippen molar-refractivity contribution >= 4 is 5.97 Å². The second-order valence-electron chi connectivity index (χ2n) is 7.12. The molecule has 0 spiro atoms. The van der Waals surface area contributed by atoms with Crippen LogP contribution in [0.15, 0.2) is 12.2 Å². The first-order valence-corrected chi connectivity index (χ1v) is 11.2. The molecule has 0 bridgehead atoms. The van der Waals surface area contributed by atoms with Crippen molar-refractivity contribution in [3.05, 3.63) is 12.2 Å². The first-order chi connectivity index (χ1) is 12.7. The average Bonchev–Trinajstić information content (AvgIpc) is 2.64. The van der Waals surface area contributed by atoms with Crippen LogP contribution in [-0.2, 0) is 14.3 Å². The van der Waals surface area contributed by atoms with E-state index in [1.54, 1.807) is 0 Å². The van der Waals surface area contributed by atoms with Gasteiger partial charge in [0.05, 0.1) is 0 Å². The van der Waals surface area contributed by atoms with Gasteiger partial charge >= 0.3 is 5.97 Å². The molecule has 0 N–H and O–H groups in total. The number of esters is 1. The fourth-order valence-electron chi connectivity index (χ4n) is 2.97. The lowest BCUT2D eigenvalue weighted by atomic mass is 10.1. The van der Waals surface area contributed by atoms with Gasteiger partial charge in [0.2, 0.25) is 6.29 Å². The summed E-state index contributed by atoms with van der Waals surface area (Å²) in [6.45, 7) is 6.73. The molecule has 0 heterocycles. The van der Waals surface area contributed by atoms with E-state index < -0.39 is 0 Å². The zero-order chi connectivity index (χ0) is 19.3. The number of hydrogen-bond donors (Lipinski definition) is 0. The largest absolute Gasteiger partial charge is 0.436 e. The first-order valence-electron chi connectivity index (χ1n) is 11.2. The van der Waals surface area contributed by atoms with Crippen LogP contribution in [0, 0.1) is 0 Å². The number of hydrogen-bond acceptors (Lipinski definition) is 3. The lowest BCUT2D eigenvalue weighted by molar-refractivity contribution is -0.178.